The highest BCUT2D eigenvalue weighted by Gasteiger charge is 2.12. The highest BCUT2D eigenvalue weighted by molar-refractivity contribution is 9.10. The molecule has 0 bridgehead atoms. The highest BCUT2D eigenvalue weighted by atomic mass is 79.9. The maximum absolute atomic E-state index is 12.0. The standard InChI is InChI=1S/C16H16BrN3O4/c1-20-6-4-5-12(16(20)22)15(21)19-18-9-10-7-11(17)8-13(23-2)14(10)24-3/h4-9H,1-3H3,(H,19,21)/b18-9-. The molecule has 0 spiro atoms. The van der Waals surface area contributed by atoms with E-state index in [1.807, 2.05) is 0 Å². The topological polar surface area (TPSA) is 81.9 Å². The number of amides is 1. The number of benzene rings is 1. The third kappa shape index (κ3) is 3.83. The van der Waals surface area contributed by atoms with Gasteiger partial charge in [0.1, 0.15) is 5.56 Å². The van der Waals surface area contributed by atoms with Crippen LogP contribution in [0, 0.1) is 0 Å². The van der Waals surface area contributed by atoms with Crippen LogP contribution in [0.15, 0.2) is 44.8 Å². The van der Waals surface area contributed by atoms with E-state index in [0.717, 1.165) is 4.47 Å². The van der Waals surface area contributed by atoms with Gasteiger partial charge in [0.25, 0.3) is 11.5 Å². The van der Waals surface area contributed by atoms with Gasteiger partial charge in [0, 0.05) is 23.3 Å². The number of ether oxygens (including phenoxy) is 2. The van der Waals surface area contributed by atoms with Gasteiger partial charge in [-0.15, -0.1) is 0 Å². The summed E-state index contributed by atoms with van der Waals surface area (Å²) in [6.45, 7) is 0. The molecule has 0 aliphatic rings. The molecule has 1 aromatic heterocycles. The first-order valence-corrected chi connectivity index (χ1v) is 7.67. The zero-order valence-corrected chi connectivity index (χ0v) is 15.0. The molecule has 1 amide bonds. The molecule has 1 N–H and O–H groups in total. The summed E-state index contributed by atoms with van der Waals surface area (Å²) in [6, 6.07) is 6.57. The molecule has 24 heavy (non-hydrogen) atoms. The predicted molar refractivity (Wildman–Crippen MR) is 94.0 cm³/mol. The number of hydrogen-bond acceptors (Lipinski definition) is 5. The van der Waals surface area contributed by atoms with E-state index in [4.69, 9.17) is 9.47 Å². The minimum atomic E-state index is -0.589. The van der Waals surface area contributed by atoms with Crippen molar-refractivity contribution in [3.63, 3.8) is 0 Å². The van der Waals surface area contributed by atoms with Crippen molar-refractivity contribution in [3.8, 4) is 11.5 Å². The predicted octanol–water partition coefficient (Wildman–Crippen LogP) is 1.93. The second kappa shape index (κ2) is 7.78. The van der Waals surface area contributed by atoms with E-state index in [0.29, 0.717) is 17.1 Å². The van der Waals surface area contributed by atoms with E-state index >= 15 is 0 Å². The van der Waals surface area contributed by atoms with E-state index < -0.39 is 11.5 Å². The Bertz CT molecular complexity index is 846. The van der Waals surface area contributed by atoms with Crippen LogP contribution in [0.1, 0.15) is 15.9 Å². The van der Waals surface area contributed by atoms with Gasteiger partial charge in [0.2, 0.25) is 0 Å². The van der Waals surface area contributed by atoms with Crippen LogP contribution in [-0.4, -0.2) is 30.9 Å². The van der Waals surface area contributed by atoms with Crippen molar-refractivity contribution in [3.05, 3.63) is 56.4 Å². The number of carbonyl (C=O) groups is 1. The molecule has 0 saturated heterocycles. The molecule has 0 radical (unpaired) electrons. The molecular formula is C16H16BrN3O4. The quantitative estimate of drug-likeness (QED) is 0.621. The van der Waals surface area contributed by atoms with Gasteiger partial charge in [-0.05, 0) is 24.3 Å². The summed E-state index contributed by atoms with van der Waals surface area (Å²) in [5.74, 6) is 0.416. The van der Waals surface area contributed by atoms with Gasteiger partial charge in [0.15, 0.2) is 11.5 Å². The Kier molecular flexibility index (Phi) is 5.75. The molecule has 1 aromatic carbocycles. The van der Waals surface area contributed by atoms with Gasteiger partial charge in [0.05, 0.1) is 20.4 Å². The minimum absolute atomic E-state index is 0.0101. The first kappa shape index (κ1) is 17.7. The number of rotatable bonds is 5. The summed E-state index contributed by atoms with van der Waals surface area (Å²) in [5.41, 5.74) is 2.54. The number of aryl methyl sites for hydroxylation is 1. The van der Waals surface area contributed by atoms with Crippen molar-refractivity contribution in [2.75, 3.05) is 14.2 Å². The summed E-state index contributed by atoms with van der Waals surface area (Å²) in [4.78, 5) is 23.9. The molecule has 0 fully saturated rings. The fraction of sp³-hybridized carbons (Fsp3) is 0.188. The second-order valence-electron chi connectivity index (χ2n) is 4.77. The summed E-state index contributed by atoms with van der Waals surface area (Å²) in [5, 5.41) is 3.88. The van der Waals surface area contributed by atoms with Crippen molar-refractivity contribution in [1.82, 2.24) is 9.99 Å². The van der Waals surface area contributed by atoms with Gasteiger partial charge >= 0.3 is 0 Å². The van der Waals surface area contributed by atoms with Crippen molar-refractivity contribution >= 4 is 28.1 Å². The lowest BCUT2D eigenvalue weighted by molar-refractivity contribution is 0.0953. The molecule has 8 heteroatoms. The lowest BCUT2D eigenvalue weighted by Gasteiger charge is -2.10. The normalized spacial score (nSPS) is 10.7. The van der Waals surface area contributed by atoms with Crippen LogP contribution >= 0.6 is 15.9 Å². The first-order valence-electron chi connectivity index (χ1n) is 6.88. The summed E-state index contributed by atoms with van der Waals surface area (Å²) < 4.78 is 12.6. The van der Waals surface area contributed by atoms with Gasteiger partial charge < -0.3 is 14.0 Å². The number of nitrogens with zero attached hydrogens (tertiary/aromatic N) is 2. The van der Waals surface area contributed by atoms with E-state index in [-0.39, 0.29) is 5.56 Å². The monoisotopic (exact) mass is 393 g/mol. The lowest BCUT2D eigenvalue weighted by Crippen LogP contribution is -2.29. The SMILES string of the molecule is COc1cc(Br)cc(/C=N\NC(=O)c2cccn(C)c2=O)c1OC. The molecule has 0 unspecified atom stereocenters. The molecule has 7 nitrogen and oxygen atoms in total. The van der Waals surface area contributed by atoms with Crippen molar-refractivity contribution in [2.24, 2.45) is 12.1 Å². The number of pyridine rings is 1. The largest absolute Gasteiger partial charge is 0.493 e. The molecule has 0 saturated carbocycles. The fourth-order valence-corrected chi connectivity index (χ4v) is 2.50. The van der Waals surface area contributed by atoms with Crippen molar-refractivity contribution < 1.29 is 14.3 Å². The van der Waals surface area contributed by atoms with Crippen LogP contribution in [0.2, 0.25) is 0 Å². The summed E-state index contributed by atoms with van der Waals surface area (Å²) in [7, 11) is 4.61. The highest BCUT2D eigenvalue weighted by Crippen LogP contribution is 2.33. The molecule has 126 valence electrons. The van der Waals surface area contributed by atoms with Crippen LogP contribution in [0.4, 0.5) is 0 Å². The number of carbonyl (C=O) groups excluding carboxylic acids is 1. The molecule has 1 heterocycles. The molecule has 0 aliphatic heterocycles. The van der Waals surface area contributed by atoms with Crippen LogP contribution in [0.25, 0.3) is 0 Å². The number of hydrogen-bond donors (Lipinski definition) is 1. The summed E-state index contributed by atoms with van der Waals surface area (Å²) >= 11 is 3.36. The Balaban J connectivity index is 2.23. The van der Waals surface area contributed by atoms with Crippen molar-refractivity contribution in [2.45, 2.75) is 0 Å². The fourth-order valence-electron chi connectivity index (χ4n) is 2.05. The van der Waals surface area contributed by atoms with Gasteiger partial charge in [-0.2, -0.15) is 5.10 Å². The van der Waals surface area contributed by atoms with Crippen LogP contribution in [0.5, 0.6) is 11.5 Å². The van der Waals surface area contributed by atoms with Gasteiger partial charge in [-0.1, -0.05) is 15.9 Å². The number of aromatic nitrogens is 1. The average Bonchev–Trinajstić information content (AvgIpc) is 2.56. The maximum Gasteiger partial charge on any atom is 0.276 e. The van der Waals surface area contributed by atoms with Gasteiger partial charge in [-0.25, -0.2) is 5.43 Å². The maximum atomic E-state index is 12.0. The zero-order valence-electron chi connectivity index (χ0n) is 13.4. The average molecular weight is 394 g/mol. The summed E-state index contributed by atoms with van der Waals surface area (Å²) in [6.07, 6.45) is 2.98. The Labute approximate surface area is 147 Å². The Morgan fingerprint density at radius 1 is 1.33 bits per heavy atom. The van der Waals surface area contributed by atoms with E-state index in [2.05, 4.69) is 26.5 Å². The Hall–Kier alpha value is -2.61. The smallest absolute Gasteiger partial charge is 0.276 e. The zero-order chi connectivity index (χ0) is 17.7. The number of hydrazone groups is 1. The van der Waals surface area contributed by atoms with Crippen molar-refractivity contribution in [1.29, 1.82) is 0 Å². The molecule has 0 atom stereocenters. The third-order valence-electron chi connectivity index (χ3n) is 3.21. The van der Waals surface area contributed by atoms with E-state index in [1.165, 1.54) is 31.1 Å². The van der Waals surface area contributed by atoms with E-state index in [1.54, 1.807) is 31.4 Å². The number of nitrogens with one attached hydrogen (secondary N) is 1. The number of halogens is 1. The second-order valence-corrected chi connectivity index (χ2v) is 5.68. The Morgan fingerprint density at radius 2 is 2.08 bits per heavy atom. The van der Waals surface area contributed by atoms with Crippen LogP contribution in [0.3, 0.4) is 0 Å². The molecular weight excluding hydrogens is 378 g/mol. The molecule has 2 rings (SSSR count). The van der Waals surface area contributed by atoms with E-state index in [9.17, 15) is 9.59 Å². The third-order valence-corrected chi connectivity index (χ3v) is 3.67. The van der Waals surface area contributed by atoms with Gasteiger partial charge in [-0.3, -0.25) is 9.59 Å². The molecule has 0 aliphatic carbocycles. The van der Waals surface area contributed by atoms with Crippen LogP contribution < -0.4 is 20.5 Å². The minimum Gasteiger partial charge on any atom is -0.493 e. The molecule has 2 aromatic rings. The first-order chi connectivity index (χ1) is 11.5. The number of methoxy groups -OCH3 is 2. The van der Waals surface area contributed by atoms with Crippen LogP contribution in [-0.2, 0) is 7.05 Å². The Morgan fingerprint density at radius 3 is 2.75 bits per heavy atom. The lowest BCUT2D eigenvalue weighted by atomic mass is 10.2.